The van der Waals surface area contributed by atoms with Crippen LogP contribution in [0.3, 0.4) is 0 Å². The third kappa shape index (κ3) is 6.95. The summed E-state index contributed by atoms with van der Waals surface area (Å²) in [6.45, 7) is 4.05. The molecule has 4 aromatic carbocycles. The highest BCUT2D eigenvalue weighted by molar-refractivity contribution is 6.15. The first-order chi connectivity index (χ1) is 22.8. The average molecular weight is 633 g/mol. The van der Waals surface area contributed by atoms with Gasteiger partial charge in [0.2, 0.25) is 5.91 Å². The minimum Gasteiger partial charge on any atom is -0.494 e. The van der Waals surface area contributed by atoms with Crippen molar-refractivity contribution in [1.29, 1.82) is 0 Å². The summed E-state index contributed by atoms with van der Waals surface area (Å²) in [7, 11) is 5.13. The number of likely N-dealkylation sites (N-methyl/N-ethyl adjacent to an activating group) is 1. The number of para-hydroxylation sites is 1. The Balaban J connectivity index is 1.12. The van der Waals surface area contributed by atoms with E-state index in [4.69, 9.17) is 9.47 Å². The molecule has 1 unspecified atom stereocenters. The number of piperazine rings is 1. The molecule has 3 amide bonds. The number of nitrogens with zero attached hydrogens (tertiary/aromatic N) is 3. The van der Waals surface area contributed by atoms with Gasteiger partial charge in [-0.2, -0.15) is 0 Å². The van der Waals surface area contributed by atoms with Crippen molar-refractivity contribution in [3.05, 3.63) is 102 Å². The molecule has 6 rings (SSSR count). The van der Waals surface area contributed by atoms with Crippen LogP contribution in [0, 0.1) is 0 Å². The predicted molar refractivity (Wildman–Crippen MR) is 184 cm³/mol. The Kier molecular flexibility index (Phi) is 9.16. The summed E-state index contributed by atoms with van der Waals surface area (Å²) in [6, 6.07) is 24.5. The molecule has 11 heteroatoms. The van der Waals surface area contributed by atoms with Crippen LogP contribution in [-0.2, 0) is 4.79 Å². The Labute approximate surface area is 273 Å². The molecule has 1 fully saturated rings. The van der Waals surface area contributed by atoms with Crippen molar-refractivity contribution in [2.45, 2.75) is 5.92 Å². The molecule has 2 aliphatic heterocycles. The summed E-state index contributed by atoms with van der Waals surface area (Å²) in [6.07, 6.45) is 1.65. The SMILES string of the molecule is COc1cccc(OC)c1NC(=O)Nc1cccc(C(=O)c2ccc3c(c2)NC(=O)C3C=Nc2ccc(N3CCN(C)CC3)cc2)c1. The van der Waals surface area contributed by atoms with Crippen molar-refractivity contribution in [2.24, 2.45) is 4.99 Å². The molecule has 2 heterocycles. The molecule has 2 aliphatic rings. The fourth-order valence-corrected chi connectivity index (χ4v) is 5.71. The molecular formula is C36H36N6O5. The van der Waals surface area contributed by atoms with Crippen molar-refractivity contribution >= 4 is 52.4 Å². The van der Waals surface area contributed by atoms with Crippen LogP contribution in [0.5, 0.6) is 11.5 Å². The normalized spacial score (nSPS) is 16.0. The van der Waals surface area contributed by atoms with E-state index in [9.17, 15) is 14.4 Å². The molecule has 0 saturated carbocycles. The van der Waals surface area contributed by atoms with E-state index in [1.54, 1.807) is 66.9 Å². The number of carbonyl (C=O) groups is 3. The van der Waals surface area contributed by atoms with Crippen molar-refractivity contribution < 1.29 is 23.9 Å². The Morgan fingerprint density at radius 2 is 1.53 bits per heavy atom. The van der Waals surface area contributed by atoms with Gasteiger partial charge in [0.15, 0.2) is 5.78 Å². The largest absolute Gasteiger partial charge is 0.494 e. The lowest BCUT2D eigenvalue weighted by molar-refractivity contribution is -0.115. The Bertz CT molecular complexity index is 1810. The second-order valence-electron chi connectivity index (χ2n) is 11.4. The van der Waals surface area contributed by atoms with E-state index in [-0.39, 0.29) is 11.7 Å². The van der Waals surface area contributed by atoms with Gasteiger partial charge in [-0.05, 0) is 67.2 Å². The summed E-state index contributed by atoms with van der Waals surface area (Å²) < 4.78 is 10.7. The molecule has 0 spiro atoms. The van der Waals surface area contributed by atoms with Gasteiger partial charge in [0, 0.05) is 60.6 Å². The third-order valence-corrected chi connectivity index (χ3v) is 8.33. The molecule has 3 N–H and O–H groups in total. The molecule has 1 saturated heterocycles. The van der Waals surface area contributed by atoms with E-state index in [2.05, 4.69) is 49.9 Å². The van der Waals surface area contributed by atoms with E-state index in [0.29, 0.717) is 39.7 Å². The standard InChI is InChI=1S/C36H36N6O5/c1-41-16-18-42(19-17-41)27-13-11-25(12-14-27)37-22-29-28-15-10-24(21-30(28)39-35(29)44)34(43)23-6-4-7-26(20-23)38-36(45)40-33-31(46-2)8-5-9-32(33)47-3/h4-15,20-22,29H,16-19H2,1-3H3,(H,39,44)(H2,38,40,45). The lowest BCUT2D eigenvalue weighted by Gasteiger charge is -2.34. The molecule has 1 atom stereocenters. The fourth-order valence-electron chi connectivity index (χ4n) is 5.71. The monoisotopic (exact) mass is 632 g/mol. The number of amides is 3. The number of hydrogen-bond acceptors (Lipinski definition) is 8. The van der Waals surface area contributed by atoms with Crippen molar-refractivity contribution in [1.82, 2.24) is 4.90 Å². The van der Waals surface area contributed by atoms with Gasteiger partial charge < -0.3 is 35.2 Å². The Hall–Kier alpha value is -5.68. The number of anilines is 4. The number of ether oxygens (including phenoxy) is 2. The second kappa shape index (κ2) is 13.8. The Morgan fingerprint density at radius 1 is 0.851 bits per heavy atom. The zero-order valence-corrected chi connectivity index (χ0v) is 26.4. The molecule has 4 aromatic rings. The van der Waals surface area contributed by atoms with Gasteiger partial charge in [-0.25, -0.2) is 4.79 Å². The number of benzene rings is 4. The van der Waals surface area contributed by atoms with E-state index in [1.165, 1.54) is 14.2 Å². The number of rotatable bonds is 9. The number of hydrogen-bond donors (Lipinski definition) is 3. The van der Waals surface area contributed by atoms with Gasteiger partial charge in [0.25, 0.3) is 0 Å². The topological polar surface area (TPSA) is 125 Å². The number of ketones is 1. The maximum atomic E-state index is 13.5. The number of nitrogens with one attached hydrogen (secondary N) is 3. The van der Waals surface area contributed by atoms with Crippen LogP contribution in [0.4, 0.5) is 33.2 Å². The van der Waals surface area contributed by atoms with Gasteiger partial charge in [-0.3, -0.25) is 14.6 Å². The van der Waals surface area contributed by atoms with Crippen LogP contribution in [0.15, 0.2) is 89.9 Å². The first kappa shape index (κ1) is 31.3. The highest BCUT2D eigenvalue weighted by atomic mass is 16.5. The van der Waals surface area contributed by atoms with Crippen LogP contribution < -0.4 is 30.3 Å². The summed E-state index contributed by atoms with van der Waals surface area (Å²) in [4.78, 5) is 48.4. The Morgan fingerprint density at radius 3 is 2.23 bits per heavy atom. The molecule has 47 heavy (non-hydrogen) atoms. The van der Waals surface area contributed by atoms with E-state index < -0.39 is 11.9 Å². The highest BCUT2D eigenvalue weighted by Gasteiger charge is 2.30. The molecule has 0 aromatic heterocycles. The van der Waals surface area contributed by atoms with E-state index in [1.807, 2.05) is 12.1 Å². The van der Waals surface area contributed by atoms with Crippen LogP contribution in [0.1, 0.15) is 27.4 Å². The minimum absolute atomic E-state index is 0.203. The van der Waals surface area contributed by atoms with E-state index in [0.717, 1.165) is 43.1 Å². The molecule has 0 radical (unpaired) electrons. The zero-order valence-electron chi connectivity index (χ0n) is 26.4. The maximum absolute atomic E-state index is 13.5. The molecule has 240 valence electrons. The van der Waals surface area contributed by atoms with Crippen LogP contribution in [0.25, 0.3) is 0 Å². The molecule has 11 nitrogen and oxygen atoms in total. The van der Waals surface area contributed by atoms with Crippen molar-refractivity contribution in [3.63, 3.8) is 0 Å². The maximum Gasteiger partial charge on any atom is 0.323 e. The van der Waals surface area contributed by atoms with Gasteiger partial charge in [-0.15, -0.1) is 0 Å². The van der Waals surface area contributed by atoms with Crippen molar-refractivity contribution in [2.75, 3.05) is 68.3 Å². The van der Waals surface area contributed by atoms with Crippen LogP contribution in [0.2, 0.25) is 0 Å². The third-order valence-electron chi connectivity index (χ3n) is 8.33. The number of methoxy groups -OCH3 is 2. The first-order valence-electron chi connectivity index (χ1n) is 15.3. The summed E-state index contributed by atoms with van der Waals surface area (Å²) in [5.41, 5.74) is 4.83. The molecule has 0 aliphatic carbocycles. The summed E-state index contributed by atoms with van der Waals surface area (Å²) in [5, 5.41) is 8.38. The smallest absolute Gasteiger partial charge is 0.323 e. The van der Waals surface area contributed by atoms with Crippen molar-refractivity contribution in [3.8, 4) is 11.5 Å². The highest BCUT2D eigenvalue weighted by Crippen LogP contribution is 2.35. The quantitative estimate of drug-likeness (QED) is 0.158. The lowest BCUT2D eigenvalue weighted by Crippen LogP contribution is -2.44. The van der Waals surface area contributed by atoms with Crippen LogP contribution in [-0.4, -0.2) is 76.3 Å². The minimum atomic E-state index is -0.570. The number of urea groups is 1. The van der Waals surface area contributed by atoms with Crippen LogP contribution >= 0.6 is 0 Å². The summed E-state index contributed by atoms with van der Waals surface area (Å²) in [5.74, 6) is -0.146. The van der Waals surface area contributed by atoms with Gasteiger partial charge in [-0.1, -0.05) is 30.3 Å². The first-order valence-corrected chi connectivity index (χ1v) is 15.3. The fraction of sp³-hybridized carbons (Fsp3) is 0.222. The number of fused-ring (bicyclic) bond motifs is 1. The predicted octanol–water partition coefficient (Wildman–Crippen LogP) is 5.77. The number of aliphatic imine (C=N–C) groups is 1. The molecule has 0 bridgehead atoms. The number of carbonyl (C=O) groups excluding carboxylic acids is 3. The zero-order chi connectivity index (χ0) is 32.9. The van der Waals surface area contributed by atoms with E-state index >= 15 is 0 Å². The lowest BCUT2D eigenvalue weighted by atomic mass is 9.97. The molecular weight excluding hydrogens is 596 g/mol. The van der Waals surface area contributed by atoms with Gasteiger partial charge >= 0.3 is 6.03 Å². The van der Waals surface area contributed by atoms with Gasteiger partial charge in [0.05, 0.1) is 19.9 Å². The van der Waals surface area contributed by atoms with Gasteiger partial charge in [0.1, 0.15) is 23.1 Å². The summed E-state index contributed by atoms with van der Waals surface area (Å²) >= 11 is 0. The second-order valence-corrected chi connectivity index (χ2v) is 11.4. The average Bonchev–Trinajstić information content (AvgIpc) is 3.41.